The van der Waals surface area contributed by atoms with Gasteiger partial charge in [-0.05, 0) is 56.9 Å². The third-order valence-electron chi connectivity index (χ3n) is 5.14. The van der Waals surface area contributed by atoms with Gasteiger partial charge in [-0.25, -0.2) is 0 Å². The molecule has 0 aromatic carbocycles. The minimum Gasteiger partial charge on any atom is -0.388 e. The maximum Gasteiger partial charge on any atom is 0.0839 e. The predicted molar refractivity (Wildman–Crippen MR) is 70.8 cm³/mol. The van der Waals surface area contributed by atoms with E-state index in [0.717, 1.165) is 63.5 Å². The number of piperidine rings is 1. The lowest BCUT2D eigenvalue weighted by molar-refractivity contribution is -0.0842. The van der Waals surface area contributed by atoms with Gasteiger partial charge in [-0.2, -0.15) is 0 Å². The van der Waals surface area contributed by atoms with E-state index < -0.39 is 11.1 Å². The standard InChI is InChI=1S/C14H28N2O/c1-11(2)12-4-7-14(17,8-5-12)13(15)6-3-9-16-10-13/h11-12,16-17H,3-10,15H2,1-2H3. The van der Waals surface area contributed by atoms with Gasteiger partial charge >= 0.3 is 0 Å². The molecule has 2 fully saturated rings. The van der Waals surface area contributed by atoms with Gasteiger partial charge in [-0.1, -0.05) is 13.8 Å². The second kappa shape index (κ2) is 4.87. The molecule has 0 radical (unpaired) electrons. The van der Waals surface area contributed by atoms with Crippen LogP contribution in [-0.4, -0.2) is 29.3 Å². The Bertz CT molecular complexity index is 251. The highest BCUT2D eigenvalue weighted by Gasteiger charge is 2.49. The highest BCUT2D eigenvalue weighted by molar-refractivity contribution is 5.08. The van der Waals surface area contributed by atoms with Crippen molar-refractivity contribution in [3.8, 4) is 0 Å². The van der Waals surface area contributed by atoms with Crippen molar-refractivity contribution in [2.75, 3.05) is 13.1 Å². The van der Waals surface area contributed by atoms with Crippen LogP contribution in [0, 0.1) is 11.8 Å². The Balaban J connectivity index is 2.00. The molecule has 1 saturated carbocycles. The van der Waals surface area contributed by atoms with Crippen LogP contribution in [-0.2, 0) is 0 Å². The molecule has 0 amide bonds. The van der Waals surface area contributed by atoms with E-state index in [0.29, 0.717) is 0 Å². The van der Waals surface area contributed by atoms with E-state index in [1.165, 1.54) is 0 Å². The molecule has 3 heteroatoms. The van der Waals surface area contributed by atoms with Gasteiger partial charge in [0.05, 0.1) is 11.1 Å². The van der Waals surface area contributed by atoms with Crippen molar-refractivity contribution in [2.24, 2.45) is 17.6 Å². The smallest absolute Gasteiger partial charge is 0.0839 e. The first kappa shape index (κ1) is 13.3. The van der Waals surface area contributed by atoms with E-state index >= 15 is 0 Å². The Kier molecular flexibility index (Phi) is 3.81. The number of hydrogen-bond donors (Lipinski definition) is 3. The Hall–Kier alpha value is -0.120. The predicted octanol–water partition coefficient (Wildman–Crippen LogP) is 1.64. The molecule has 1 heterocycles. The van der Waals surface area contributed by atoms with Crippen molar-refractivity contribution in [3.63, 3.8) is 0 Å². The number of nitrogens with one attached hydrogen (secondary N) is 1. The summed E-state index contributed by atoms with van der Waals surface area (Å²) in [5.41, 5.74) is 5.45. The van der Waals surface area contributed by atoms with E-state index in [1.807, 2.05) is 0 Å². The lowest BCUT2D eigenvalue weighted by Gasteiger charge is -2.50. The van der Waals surface area contributed by atoms with Crippen LogP contribution in [0.25, 0.3) is 0 Å². The zero-order valence-corrected chi connectivity index (χ0v) is 11.3. The normalized spacial score (nSPS) is 43.9. The molecule has 100 valence electrons. The third kappa shape index (κ3) is 2.51. The SMILES string of the molecule is CC(C)C1CCC(O)(C2(N)CCCNC2)CC1. The lowest BCUT2D eigenvalue weighted by atomic mass is 9.64. The van der Waals surface area contributed by atoms with Gasteiger partial charge in [-0.15, -0.1) is 0 Å². The fraction of sp³-hybridized carbons (Fsp3) is 1.00. The molecule has 4 N–H and O–H groups in total. The summed E-state index contributed by atoms with van der Waals surface area (Å²) in [5, 5.41) is 14.2. The van der Waals surface area contributed by atoms with Gasteiger partial charge < -0.3 is 16.2 Å². The number of nitrogens with two attached hydrogens (primary N) is 1. The van der Waals surface area contributed by atoms with Crippen molar-refractivity contribution < 1.29 is 5.11 Å². The topological polar surface area (TPSA) is 58.3 Å². The summed E-state index contributed by atoms with van der Waals surface area (Å²) < 4.78 is 0. The molecule has 0 spiro atoms. The zero-order chi connectivity index (χ0) is 12.5. The van der Waals surface area contributed by atoms with Crippen LogP contribution < -0.4 is 11.1 Å². The molecule has 17 heavy (non-hydrogen) atoms. The van der Waals surface area contributed by atoms with E-state index in [-0.39, 0.29) is 0 Å². The van der Waals surface area contributed by atoms with Crippen molar-refractivity contribution in [1.82, 2.24) is 5.32 Å². The second-order valence-corrected chi connectivity index (χ2v) is 6.55. The van der Waals surface area contributed by atoms with Gasteiger partial charge in [0.15, 0.2) is 0 Å². The van der Waals surface area contributed by atoms with Crippen LogP contribution in [0.5, 0.6) is 0 Å². The maximum absolute atomic E-state index is 10.9. The molecule has 1 atom stereocenters. The molecule has 1 unspecified atom stereocenters. The first-order valence-electron chi connectivity index (χ1n) is 7.19. The average molecular weight is 240 g/mol. The molecule has 0 bridgehead atoms. The Labute approximate surface area is 105 Å². The highest BCUT2D eigenvalue weighted by Crippen LogP contribution is 2.42. The zero-order valence-electron chi connectivity index (χ0n) is 11.3. The van der Waals surface area contributed by atoms with Gasteiger partial charge in [0.2, 0.25) is 0 Å². The summed E-state index contributed by atoms with van der Waals surface area (Å²) in [6, 6.07) is 0. The Morgan fingerprint density at radius 3 is 2.35 bits per heavy atom. The largest absolute Gasteiger partial charge is 0.388 e. The molecule has 3 nitrogen and oxygen atoms in total. The summed E-state index contributed by atoms with van der Waals surface area (Å²) in [4.78, 5) is 0. The molecule has 1 aliphatic heterocycles. The quantitative estimate of drug-likeness (QED) is 0.688. The number of aliphatic hydroxyl groups is 1. The molecule has 0 aromatic rings. The van der Waals surface area contributed by atoms with Crippen molar-refractivity contribution in [2.45, 2.75) is 63.5 Å². The molecular weight excluding hydrogens is 212 g/mol. The van der Waals surface area contributed by atoms with Crippen molar-refractivity contribution >= 4 is 0 Å². The Morgan fingerprint density at radius 2 is 1.88 bits per heavy atom. The van der Waals surface area contributed by atoms with Crippen LogP contribution >= 0.6 is 0 Å². The lowest BCUT2D eigenvalue weighted by Crippen LogP contribution is -2.68. The van der Waals surface area contributed by atoms with Crippen molar-refractivity contribution in [3.05, 3.63) is 0 Å². The minimum absolute atomic E-state index is 0.396. The van der Waals surface area contributed by atoms with E-state index in [1.54, 1.807) is 0 Å². The number of hydrogen-bond acceptors (Lipinski definition) is 3. The van der Waals surface area contributed by atoms with Gasteiger partial charge in [0.25, 0.3) is 0 Å². The summed E-state index contributed by atoms with van der Waals surface area (Å²) in [5.74, 6) is 1.51. The van der Waals surface area contributed by atoms with Crippen LogP contribution in [0.15, 0.2) is 0 Å². The minimum atomic E-state index is -0.633. The van der Waals surface area contributed by atoms with E-state index in [9.17, 15) is 5.11 Å². The van der Waals surface area contributed by atoms with Gasteiger partial charge in [0.1, 0.15) is 0 Å². The monoisotopic (exact) mass is 240 g/mol. The molecule has 0 aromatic heterocycles. The van der Waals surface area contributed by atoms with Crippen LogP contribution in [0.3, 0.4) is 0 Å². The summed E-state index contributed by atoms with van der Waals surface area (Å²) in [6.45, 7) is 6.39. The van der Waals surface area contributed by atoms with Crippen LogP contribution in [0.1, 0.15) is 52.4 Å². The fourth-order valence-corrected chi connectivity index (χ4v) is 3.61. The first-order valence-corrected chi connectivity index (χ1v) is 7.19. The summed E-state index contributed by atoms with van der Waals surface area (Å²) in [7, 11) is 0. The first-order chi connectivity index (χ1) is 7.97. The molecule has 2 aliphatic rings. The Morgan fingerprint density at radius 1 is 1.24 bits per heavy atom. The molecule has 2 rings (SSSR count). The van der Waals surface area contributed by atoms with Crippen molar-refractivity contribution in [1.29, 1.82) is 0 Å². The summed E-state index contributed by atoms with van der Waals surface area (Å²) >= 11 is 0. The maximum atomic E-state index is 10.9. The van der Waals surface area contributed by atoms with Crippen LogP contribution in [0.4, 0.5) is 0 Å². The average Bonchev–Trinajstić information content (AvgIpc) is 2.30. The van der Waals surface area contributed by atoms with E-state index in [2.05, 4.69) is 19.2 Å². The van der Waals surface area contributed by atoms with E-state index in [4.69, 9.17) is 5.73 Å². The van der Waals surface area contributed by atoms with Crippen LogP contribution in [0.2, 0.25) is 0 Å². The fourth-order valence-electron chi connectivity index (χ4n) is 3.61. The summed E-state index contributed by atoms with van der Waals surface area (Å²) in [6.07, 6.45) is 6.08. The third-order valence-corrected chi connectivity index (χ3v) is 5.14. The molecule has 1 saturated heterocycles. The second-order valence-electron chi connectivity index (χ2n) is 6.55. The van der Waals surface area contributed by atoms with Gasteiger partial charge in [0, 0.05) is 6.54 Å². The van der Waals surface area contributed by atoms with Gasteiger partial charge in [-0.3, -0.25) is 0 Å². The molecule has 1 aliphatic carbocycles. The molecular formula is C14H28N2O. The number of rotatable bonds is 2. The highest BCUT2D eigenvalue weighted by atomic mass is 16.3.